The van der Waals surface area contributed by atoms with Gasteiger partial charge in [-0.3, -0.25) is 4.79 Å². The molecular weight excluding hydrogens is 378 g/mol. The molecule has 0 atom stereocenters. The number of ether oxygens (including phenoxy) is 2. The monoisotopic (exact) mass is 407 g/mol. The van der Waals surface area contributed by atoms with E-state index in [9.17, 15) is 4.79 Å². The number of aromatic nitrogens is 2. The number of rotatable bonds is 8. The van der Waals surface area contributed by atoms with Crippen molar-refractivity contribution < 1.29 is 14.3 Å². The Balaban J connectivity index is 1.44. The number of carbonyl (C=O) groups excluding carboxylic acids is 1. The summed E-state index contributed by atoms with van der Waals surface area (Å²) in [4.78, 5) is 19.0. The van der Waals surface area contributed by atoms with E-state index in [1.54, 1.807) is 0 Å². The quantitative estimate of drug-likeness (QED) is 0.568. The zero-order chi connectivity index (χ0) is 20.8. The van der Waals surface area contributed by atoms with E-state index in [0.29, 0.717) is 19.1 Å². The minimum atomic E-state index is 0.0975. The van der Waals surface area contributed by atoms with Crippen molar-refractivity contribution in [2.24, 2.45) is 5.92 Å². The van der Waals surface area contributed by atoms with E-state index >= 15 is 0 Å². The number of fused-ring (bicyclic) bond motifs is 1. The summed E-state index contributed by atoms with van der Waals surface area (Å²) in [5.41, 5.74) is 2.13. The summed E-state index contributed by atoms with van der Waals surface area (Å²) < 4.78 is 13.6. The molecule has 3 aromatic rings. The molecule has 4 rings (SSSR count). The van der Waals surface area contributed by atoms with Crippen LogP contribution >= 0.6 is 0 Å². The summed E-state index contributed by atoms with van der Waals surface area (Å²) in [6, 6.07) is 18.1. The van der Waals surface area contributed by atoms with Crippen molar-refractivity contribution in [3.63, 3.8) is 0 Å². The predicted molar refractivity (Wildman–Crippen MR) is 116 cm³/mol. The maximum Gasteiger partial charge on any atom is 0.248 e. The first-order valence-electron chi connectivity index (χ1n) is 10.7. The van der Waals surface area contributed by atoms with Gasteiger partial charge in [-0.05, 0) is 49.9 Å². The highest BCUT2D eigenvalue weighted by Crippen LogP contribution is 2.24. The Morgan fingerprint density at radius 1 is 1.07 bits per heavy atom. The van der Waals surface area contributed by atoms with Crippen LogP contribution in [0.1, 0.15) is 25.6 Å². The fraction of sp³-hybridized carbons (Fsp3) is 0.417. The Labute approximate surface area is 177 Å². The van der Waals surface area contributed by atoms with Gasteiger partial charge in [0.2, 0.25) is 5.91 Å². The highest BCUT2D eigenvalue weighted by molar-refractivity contribution is 5.77. The molecule has 0 saturated carbocycles. The summed E-state index contributed by atoms with van der Waals surface area (Å²) in [5.74, 6) is 2.39. The molecule has 0 bridgehead atoms. The van der Waals surface area contributed by atoms with Gasteiger partial charge in [0, 0.05) is 26.2 Å². The zero-order valence-electron chi connectivity index (χ0n) is 17.5. The molecule has 1 aromatic heterocycles. The molecule has 0 radical (unpaired) electrons. The number of amides is 1. The molecule has 1 fully saturated rings. The van der Waals surface area contributed by atoms with Crippen LogP contribution in [0.5, 0.6) is 5.75 Å². The smallest absolute Gasteiger partial charge is 0.248 e. The lowest BCUT2D eigenvalue weighted by Crippen LogP contribution is -2.41. The van der Waals surface area contributed by atoms with Crippen LogP contribution in [0.15, 0.2) is 54.6 Å². The largest absolute Gasteiger partial charge is 0.486 e. The Morgan fingerprint density at radius 2 is 1.80 bits per heavy atom. The third-order valence-electron chi connectivity index (χ3n) is 5.68. The summed E-state index contributed by atoms with van der Waals surface area (Å²) in [5, 5.41) is 0. The molecule has 6 heteroatoms. The molecule has 1 aliphatic heterocycles. The number of likely N-dealkylation sites (tertiary alicyclic amines) is 1. The molecular formula is C24H29N3O3. The second kappa shape index (κ2) is 9.76. The van der Waals surface area contributed by atoms with Crippen LogP contribution in [0.4, 0.5) is 0 Å². The second-order valence-electron chi connectivity index (χ2n) is 7.69. The van der Waals surface area contributed by atoms with E-state index in [4.69, 9.17) is 14.5 Å². The molecule has 0 spiro atoms. The third-order valence-corrected chi connectivity index (χ3v) is 5.68. The van der Waals surface area contributed by atoms with Crippen molar-refractivity contribution in [1.82, 2.24) is 14.5 Å². The molecule has 1 amide bonds. The second-order valence-corrected chi connectivity index (χ2v) is 7.69. The number of hydrogen-bond acceptors (Lipinski definition) is 4. The first-order chi connectivity index (χ1) is 14.7. The Morgan fingerprint density at radius 3 is 2.57 bits per heavy atom. The molecule has 1 aliphatic rings. The summed E-state index contributed by atoms with van der Waals surface area (Å²) >= 11 is 0. The molecule has 30 heavy (non-hydrogen) atoms. The topological polar surface area (TPSA) is 56.6 Å². The van der Waals surface area contributed by atoms with Crippen molar-refractivity contribution in [2.75, 3.05) is 26.3 Å². The molecule has 1 saturated heterocycles. The van der Waals surface area contributed by atoms with Gasteiger partial charge in [-0.1, -0.05) is 30.3 Å². The first kappa shape index (κ1) is 20.4. The van der Waals surface area contributed by atoms with Crippen molar-refractivity contribution in [1.29, 1.82) is 0 Å². The van der Waals surface area contributed by atoms with E-state index in [1.807, 2.05) is 54.3 Å². The van der Waals surface area contributed by atoms with Crippen LogP contribution in [0.2, 0.25) is 0 Å². The fourth-order valence-electron chi connectivity index (χ4n) is 4.01. The lowest BCUT2D eigenvalue weighted by molar-refractivity contribution is -0.137. The third kappa shape index (κ3) is 4.82. The summed E-state index contributed by atoms with van der Waals surface area (Å²) in [6.45, 7) is 5.58. The predicted octanol–water partition coefficient (Wildman–Crippen LogP) is 3.89. The Hall–Kier alpha value is -2.86. The SMILES string of the molecule is CCOCC(=O)N1CCC(Cn2c(COc3ccccc3)nc3ccccc32)CC1. The van der Waals surface area contributed by atoms with E-state index in [1.165, 1.54) is 0 Å². The number of piperidine rings is 1. The van der Waals surface area contributed by atoms with Crippen molar-refractivity contribution >= 4 is 16.9 Å². The van der Waals surface area contributed by atoms with Gasteiger partial charge in [-0.2, -0.15) is 0 Å². The summed E-state index contributed by atoms with van der Waals surface area (Å²) in [6.07, 6.45) is 1.98. The fourth-order valence-corrected chi connectivity index (χ4v) is 4.01. The minimum Gasteiger partial charge on any atom is -0.486 e. The van der Waals surface area contributed by atoms with Gasteiger partial charge < -0.3 is 18.9 Å². The van der Waals surface area contributed by atoms with E-state index in [2.05, 4.69) is 16.7 Å². The van der Waals surface area contributed by atoms with E-state index in [-0.39, 0.29) is 12.5 Å². The van der Waals surface area contributed by atoms with Crippen LogP contribution in [0.25, 0.3) is 11.0 Å². The molecule has 0 N–H and O–H groups in total. The van der Waals surface area contributed by atoms with Crippen LogP contribution in [-0.4, -0.2) is 46.7 Å². The van der Waals surface area contributed by atoms with E-state index in [0.717, 1.165) is 55.1 Å². The van der Waals surface area contributed by atoms with Crippen molar-refractivity contribution in [3.05, 3.63) is 60.4 Å². The molecule has 0 unspecified atom stereocenters. The number of carbonyl (C=O) groups is 1. The molecule has 2 aromatic carbocycles. The lowest BCUT2D eigenvalue weighted by Gasteiger charge is -2.32. The number of nitrogens with zero attached hydrogens (tertiary/aromatic N) is 3. The average Bonchev–Trinajstić information content (AvgIpc) is 3.14. The molecule has 0 aliphatic carbocycles. The van der Waals surface area contributed by atoms with Gasteiger partial charge >= 0.3 is 0 Å². The normalized spacial score (nSPS) is 14.9. The lowest BCUT2D eigenvalue weighted by atomic mass is 9.96. The number of para-hydroxylation sites is 3. The summed E-state index contributed by atoms with van der Waals surface area (Å²) in [7, 11) is 0. The van der Waals surface area contributed by atoms with Crippen LogP contribution in [0.3, 0.4) is 0 Å². The molecule has 2 heterocycles. The Bertz CT molecular complexity index is 962. The Kier molecular flexibility index (Phi) is 6.64. The standard InChI is InChI=1S/C24H29N3O3/c1-2-29-18-24(28)26-14-12-19(13-15-26)16-27-22-11-7-6-10-21(22)25-23(27)17-30-20-8-4-3-5-9-20/h3-11,19H,2,12-18H2,1H3. The van der Waals surface area contributed by atoms with Gasteiger partial charge in [-0.25, -0.2) is 4.98 Å². The number of imidazole rings is 1. The van der Waals surface area contributed by atoms with Gasteiger partial charge in [0.15, 0.2) is 0 Å². The first-order valence-corrected chi connectivity index (χ1v) is 10.7. The minimum absolute atomic E-state index is 0.0975. The van der Waals surface area contributed by atoms with Crippen LogP contribution in [-0.2, 0) is 22.7 Å². The number of benzene rings is 2. The van der Waals surface area contributed by atoms with E-state index < -0.39 is 0 Å². The molecule has 6 nitrogen and oxygen atoms in total. The van der Waals surface area contributed by atoms with Gasteiger partial charge in [0.1, 0.15) is 24.8 Å². The van der Waals surface area contributed by atoms with Crippen LogP contribution < -0.4 is 4.74 Å². The zero-order valence-corrected chi connectivity index (χ0v) is 17.5. The average molecular weight is 408 g/mol. The number of hydrogen-bond donors (Lipinski definition) is 0. The molecule has 158 valence electrons. The van der Waals surface area contributed by atoms with Crippen molar-refractivity contribution in [3.8, 4) is 5.75 Å². The highest BCUT2D eigenvalue weighted by atomic mass is 16.5. The maximum absolute atomic E-state index is 12.2. The van der Waals surface area contributed by atoms with Gasteiger partial charge in [0.05, 0.1) is 11.0 Å². The highest BCUT2D eigenvalue weighted by Gasteiger charge is 2.24. The van der Waals surface area contributed by atoms with Crippen LogP contribution in [0, 0.1) is 5.92 Å². The maximum atomic E-state index is 12.2. The van der Waals surface area contributed by atoms with Crippen molar-refractivity contribution in [2.45, 2.75) is 32.9 Å². The van der Waals surface area contributed by atoms with Gasteiger partial charge in [-0.15, -0.1) is 0 Å². The van der Waals surface area contributed by atoms with Gasteiger partial charge in [0.25, 0.3) is 0 Å².